The van der Waals surface area contributed by atoms with E-state index in [0.29, 0.717) is 11.4 Å². The van der Waals surface area contributed by atoms with Crippen molar-refractivity contribution >= 4 is 11.7 Å². The molecule has 1 aromatic rings. The highest BCUT2D eigenvalue weighted by Crippen LogP contribution is 2.28. The standard InChI is InChI=1S/C15H24N4O/c1-3-12-9-11(10-13(17-12)19-16)14(20)18-15(2)7-5-4-6-8-15/h9-10H,3-8,16H2,1-2H3,(H,17,19)(H,18,20). The number of amides is 1. The van der Waals surface area contributed by atoms with E-state index in [0.717, 1.165) is 25.0 Å². The molecule has 0 aliphatic heterocycles. The van der Waals surface area contributed by atoms with Crippen molar-refractivity contribution in [2.75, 3.05) is 5.43 Å². The molecule has 20 heavy (non-hydrogen) atoms. The Morgan fingerprint density at radius 2 is 2.05 bits per heavy atom. The molecule has 2 rings (SSSR count). The molecular formula is C15H24N4O. The zero-order chi connectivity index (χ0) is 14.6. The number of carbonyl (C=O) groups excluding carboxylic acids is 1. The van der Waals surface area contributed by atoms with Crippen molar-refractivity contribution in [2.45, 2.75) is 57.9 Å². The number of aromatic nitrogens is 1. The monoisotopic (exact) mass is 276 g/mol. The molecule has 0 saturated heterocycles. The zero-order valence-corrected chi connectivity index (χ0v) is 12.3. The predicted molar refractivity (Wildman–Crippen MR) is 80.4 cm³/mol. The van der Waals surface area contributed by atoms with Crippen LogP contribution in [0, 0.1) is 0 Å². The van der Waals surface area contributed by atoms with E-state index in [9.17, 15) is 4.79 Å². The van der Waals surface area contributed by atoms with Crippen LogP contribution in [0.1, 0.15) is 62.0 Å². The second-order valence-electron chi connectivity index (χ2n) is 5.81. The molecule has 1 amide bonds. The summed E-state index contributed by atoms with van der Waals surface area (Å²) in [6.45, 7) is 4.14. The van der Waals surface area contributed by atoms with E-state index < -0.39 is 0 Å². The fourth-order valence-electron chi connectivity index (χ4n) is 2.78. The van der Waals surface area contributed by atoms with Gasteiger partial charge in [-0.05, 0) is 38.3 Å². The maximum Gasteiger partial charge on any atom is 0.251 e. The van der Waals surface area contributed by atoms with Gasteiger partial charge in [-0.2, -0.15) is 0 Å². The highest BCUT2D eigenvalue weighted by atomic mass is 16.1. The van der Waals surface area contributed by atoms with Crippen LogP contribution in [0.2, 0.25) is 0 Å². The lowest BCUT2D eigenvalue weighted by atomic mass is 9.83. The van der Waals surface area contributed by atoms with Gasteiger partial charge in [0.15, 0.2) is 0 Å². The molecule has 1 aliphatic rings. The Morgan fingerprint density at radius 3 is 2.65 bits per heavy atom. The van der Waals surface area contributed by atoms with Gasteiger partial charge in [-0.1, -0.05) is 26.2 Å². The molecule has 1 aliphatic carbocycles. The molecule has 110 valence electrons. The first-order valence-corrected chi connectivity index (χ1v) is 7.36. The van der Waals surface area contributed by atoms with Crippen LogP contribution in [-0.4, -0.2) is 16.4 Å². The molecule has 1 saturated carbocycles. The van der Waals surface area contributed by atoms with Crippen molar-refractivity contribution < 1.29 is 4.79 Å². The minimum Gasteiger partial charge on any atom is -0.347 e. The molecule has 4 N–H and O–H groups in total. The van der Waals surface area contributed by atoms with Crippen LogP contribution in [0.3, 0.4) is 0 Å². The fourth-order valence-corrected chi connectivity index (χ4v) is 2.78. The molecule has 0 bridgehead atoms. The summed E-state index contributed by atoms with van der Waals surface area (Å²) in [5.74, 6) is 5.90. The van der Waals surface area contributed by atoms with Gasteiger partial charge in [-0.3, -0.25) is 4.79 Å². The lowest BCUT2D eigenvalue weighted by molar-refractivity contribution is 0.0882. The number of anilines is 1. The van der Waals surface area contributed by atoms with Crippen molar-refractivity contribution in [1.82, 2.24) is 10.3 Å². The van der Waals surface area contributed by atoms with Crippen LogP contribution < -0.4 is 16.6 Å². The van der Waals surface area contributed by atoms with Crippen LogP contribution >= 0.6 is 0 Å². The molecule has 0 spiro atoms. The molecule has 1 fully saturated rings. The highest BCUT2D eigenvalue weighted by molar-refractivity contribution is 5.95. The molecule has 5 heteroatoms. The third-order valence-electron chi connectivity index (χ3n) is 4.02. The summed E-state index contributed by atoms with van der Waals surface area (Å²) >= 11 is 0. The maximum atomic E-state index is 12.4. The van der Waals surface area contributed by atoms with Gasteiger partial charge in [0.25, 0.3) is 5.91 Å². The Hall–Kier alpha value is -1.62. The number of pyridine rings is 1. The third-order valence-corrected chi connectivity index (χ3v) is 4.02. The summed E-state index contributed by atoms with van der Waals surface area (Å²) in [6, 6.07) is 3.53. The van der Waals surface area contributed by atoms with Gasteiger partial charge in [-0.25, -0.2) is 10.8 Å². The molecule has 0 atom stereocenters. The maximum absolute atomic E-state index is 12.4. The first-order chi connectivity index (χ1) is 9.56. The van der Waals surface area contributed by atoms with E-state index in [-0.39, 0.29) is 11.4 Å². The first-order valence-electron chi connectivity index (χ1n) is 7.36. The number of aryl methyl sites for hydroxylation is 1. The summed E-state index contributed by atoms with van der Waals surface area (Å²) in [5.41, 5.74) is 3.92. The zero-order valence-electron chi connectivity index (χ0n) is 12.3. The van der Waals surface area contributed by atoms with Crippen molar-refractivity contribution in [3.63, 3.8) is 0 Å². The van der Waals surface area contributed by atoms with Crippen molar-refractivity contribution in [2.24, 2.45) is 5.84 Å². The normalized spacial score (nSPS) is 17.6. The smallest absolute Gasteiger partial charge is 0.251 e. The van der Waals surface area contributed by atoms with Crippen LogP contribution in [-0.2, 0) is 6.42 Å². The van der Waals surface area contributed by atoms with E-state index in [1.807, 2.05) is 13.0 Å². The largest absolute Gasteiger partial charge is 0.347 e. The Bertz CT molecular complexity index is 459. The second-order valence-corrected chi connectivity index (χ2v) is 5.81. The van der Waals surface area contributed by atoms with Crippen molar-refractivity contribution in [1.29, 1.82) is 0 Å². The number of hydrogen-bond acceptors (Lipinski definition) is 4. The summed E-state index contributed by atoms with van der Waals surface area (Å²) in [6.07, 6.45) is 6.50. The molecule has 0 radical (unpaired) electrons. The second kappa shape index (κ2) is 6.22. The third kappa shape index (κ3) is 3.48. The molecule has 5 nitrogen and oxygen atoms in total. The SMILES string of the molecule is CCc1cc(C(=O)NC2(C)CCCCC2)cc(NN)n1. The van der Waals surface area contributed by atoms with E-state index in [2.05, 4.69) is 22.7 Å². The summed E-state index contributed by atoms with van der Waals surface area (Å²) in [4.78, 5) is 16.7. The van der Waals surface area contributed by atoms with Gasteiger partial charge in [0.1, 0.15) is 5.82 Å². The highest BCUT2D eigenvalue weighted by Gasteiger charge is 2.28. The van der Waals surface area contributed by atoms with Crippen LogP contribution in [0.15, 0.2) is 12.1 Å². The van der Waals surface area contributed by atoms with Gasteiger partial charge >= 0.3 is 0 Å². The van der Waals surface area contributed by atoms with Gasteiger partial charge in [0.05, 0.1) is 0 Å². The van der Waals surface area contributed by atoms with Gasteiger partial charge in [0, 0.05) is 16.8 Å². The van der Waals surface area contributed by atoms with Crippen molar-refractivity contribution in [3.05, 3.63) is 23.4 Å². The van der Waals surface area contributed by atoms with Crippen LogP contribution in [0.4, 0.5) is 5.82 Å². The topological polar surface area (TPSA) is 80.0 Å². The molecule has 1 heterocycles. The van der Waals surface area contributed by atoms with E-state index in [4.69, 9.17) is 5.84 Å². The Balaban J connectivity index is 2.15. The minimum atomic E-state index is -0.0821. The lowest BCUT2D eigenvalue weighted by Gasteiger charge is -2.34. The average molecular weight is 276 g/mol. The van der Waals surface area contributed by atoms with Gasteiger partial charge in [0.2, 0.25) is 0 Å². The fraction of sp³-hybridized carbons (Fsp3) is 0.600. The number of nitrogens with one attached hydrogen (secondary N) is 2. The Kier molecular flexibility index (Phi) is 4.60. The molecule has 0 unspecified atom stereocenters. The van der Waals surface area contributed by atoms with Crippen LogP contribution in [0.5, 0.6) is 0 Å². The molecule has 0 aromatic carbocycles. The number of nitrogens with two attached hydrogens (primary N) is 1. The number of hydrogen-bond donors (Lipinski definition) is 3. The molecule has 1 aromatic heterocycles. The number of nitrogens with zero attached hydrogens (tertiary/aromatic N) is 1. The van der Waals surface area contributed by atoms with E-state index in [1.165, 1.54) is 19.3 Å². The average Bonchev–Trinajstić information content (AvgIpc) is 2.46. The van der Waals surface area contributed by atoms with Crippen LogP contribution in [0.25, 0.3) is 0 Å². The quantitative estimate of drug-likeness (QED) is 0.582. The van der Waals surface area contributed by atoms with E-state index >= 15 is 0 Å². The Labute approximate surface area is 120 Å². The summed E-state index contributed by atoms with van der Waals surface area (Å²) in [7, 11) is 0. The van der Waals surface area contributed by atoms with Crippen molar-refractivity contribution in [3.8, 4) is 0 Å². The number of hydrazine groups is 1. The van der Waals surface area contributed by atoms with Gasteiger partial charge in [-0.15, -0.1) is 0 Å². The summed E-state index contributed by atoms with van der Waals surface area (Å²) in [5, 5.41) is 3.18. The Morgan fingerprint density at radius 1 is 1.35 bits per heavy atom. The minimum absolute atomic E-state index is 0.0389. The summed E-state index contributed by atoms with van der Waals surface area (Å²) < 4.78 is 0. The predicted octanol–water partition coefficient (Wildman–Crippen LogP) is 2.38. The number of rotatable bonds is 4. The number of carbonyl (C=O) groups is 1. The first kappa shape index (κ1) is 14.8. The van der Waals surface area contributed by atoms with E-state index in [1.54, 1.807) is 6.07 Å². The van der Waals surface area contributed by atoms with Gasteiger partial charge < -0.3 is 10.7 Å². The number of nitrogen functional groups attached to an aromatic ring is 1. The lowest BCUT2D eigenvalue weighted by Crippen LogP contribution is -2.47. The molecular weight excluding hydrogens is 252 g/mol.